The van der Waals surface area contributed by atoms with Gasteiger partial charge in [0.1, 0.15) is 12.1 Å². The first kappa shape index (κ1) is 15.4. The van der Waals surface area contributed by atoms with Crippen LogP contribution in [-0.2, 0) is 0 Å². The maximum atomic E-state index is 5.54. The fourth-order valence-electron chi connectivity index (χ4n) is 3.36. The molecule has 0 bridgehead atoms. The van der Waals surface area contributed by atoms with Crippen molar-refractivity contribution < 1.29 is 4.74 Å². The third-order valence-electron chi connectivity index (χ3n) is 4.60. The molecule has 0 aliphatic carbocycles. The Balaban J connectivity index is 1.92. The molecular weight excluding hydrogens is 312 g/mol. The Labute approximate surface area is 147 Å². The van der Waals surface area contributed by atoms with E-state index in [-0.39, 0.29) is 5.92 Å². The van der Waals surface area contributed by atoms with E-state index < -0.39 is 0 Å². The van der Waals surface area contributed by atoms with Crippen LogP contribution in [0.2, 0.25) is 0 Å². The van der Waals surface area contributed by atoms with Crippen molar-refractivity contribution in [3.05, 3.63) is 71.5 Å². The minimum atomic E-state index is 0.0276. The van der Waals surface area contributed by atoms with E-state index in [1.807, 2.05) is 20.2 Å². The average Bonchev–Trinajstić information content (AvgIpc) is 2.65. The number of hydrogen-bond acceptors (Lipinski definition) is 5. The molecule has 0 spiro atoms. The second-order valence-electron chi connectivity index (χ2n) is 6.28. The van der Waals surface area contributed by atoms with Crippen LogP contribution in [0.15, 0.2) is 54.9 Å². The topological polar surface area (TPSA) is 50.3 Å². The Morgan fingerprint density at radius 2 is 1.76 bits per heavy atom. The summed E-state index contributed by atoms with van der Waals surface area (Å²) in [6.45, 7) is 0. The molecule has 0 saturated carbocycles. The second-order valence-corrected chi connectivity index (χ2v) is 6.28. The summed E-state index contributed by atoms with van der Waals surface area (Å²) in [6, 6.07) is 16.9. The lowest BCUT2D eigenvalue weighted by atomic mass is 9.82. The van der Waals surface area contributed by atoms with Gasteiger partial charge in [0, 0.05) is 31.4 Å². The van der Waals surface area contributed by atoms with Crippen molar-refractivity contribution in [1.82, 2.24) is 9.97 Å². The van der Waals surface area contributed by atoms with Crippen LogP contribution < -0.4 is 15.0 Å². The summed E-state index contributed by atoms with van der Waals surface area (Å²) in [5.41, 5.74) is 5.59. The van der Waals surface area contributed by atoms with Crippen LogP contribution in [0.25, 0.3) is 0 Å². The second kappa shape index (κ2) is 6.09. The number of methoxy groups -OCH3 is 1. The van der Waals surface area contributed by atoms with Gasteiger partial charge in [0.05, 0.1) is 12.7 Å². The van der Waals surface area contributed by atoms with E-state index in [2.05, 4.69) is 62.6 Å². The highest BCUT2D eigenvalue weighted by atomic mass is 16.5. The highest BCUT2D eigenvalue weighted by Crippen LogP contribution is 2.46. The van der Waals surface area contributed by atoms with Crippen molar-refractivity contribution in [2.75, 3.05) is 31.4 Å². The van der Waals surface area contributed by atoms with Gasteiger partial charge in [-0.2, -0.15) is 0 Å². The molecule has 0 saturated heterocycles. The molecule has 1 aromatic heterocycles. The van der Waals surface area contributed by atoms with Gasteiger partial charge in [-0.3, -0.25) is 0 Å². The molecule has 3 aromatic rings. The number of nitrogens with zero attached hydrogens (tertiary/aromatic N) is 3. The molecule has 0 fully saturated rings. The van der Waals surface area contributed by atoms with E-state index >= 15 is 0 Å². The average molecular weight is 332 g/mol. The van der Waals surface area contributed by atoms with E-state index in [1.54, 1.807) is 7.11 Å². The monoisotopic (exact) mass is 332 g/mol. The lowest BCUT2D eigenvalue weighted by Gasteiger charge is -2.29. The molecule has 5 nitrogen and oxygen atoms in total. The maximum absolute atomic E-state index is 5.54. The molecule has 0 amide bonds. The van der Waals surface area contributed by atoms with Crippen LogP contribution >= 0.6 is 0 Å². The van der Waals surface area contributed by atoms with E-state index in [1.165, 1.54) is 23.1 Å². The van der Waals surface area contributed by atoms with Crippen molar-refractivity contribution in [1.29, 1.82) is 0 Å². The zero-order valence-electron chi connectivity index (χ0n) is 14.5. The number of ether oxygens (including phenoxy) is 1. The Morgan fingerprint density at radius 1 is 1.00 bits per heavy atom. The van der Waals surface area contributed by atoms with Gasteiger partial charge >= 0.3 is 0 Å². The number of para-hydroxylation sites is 1. The first-order chi connectivity index (χ1) is 12.2. The van der Waals surface area contributed by atoms with Crippen molar-refractivity contribution in [2.45, 2.75) is 5.92 Å². The number of hydrogen-bond donors (Lipinski definition) is 1. The van der Waals surface area contributed by atoms with E-state index in [4.69, 9.17) is 4.74 Å². The summed E-state index contributed by atoms with van der Waals surface area (Å²) in [5.74, 6) is 1.43. The van der Waals surface area contributed by atoms with Crippen molar-refractivity contribution in [3.63, 3.8) is 0 Å². The SMILES string of the molecule is COc1ncnc2c1C(c1ccc(N(C)C)cc1)c1ccccc1N2. The van der Waals surface area contributed by atoms with Crippen LogP contribution in [0.1, 0.15) is 22.6 Å². The van der Waals surface area contributed by atoms with Crippen LogP contribution in [0.5, 0.6) is 5.88 Å². The van der Waals surface area contributed by atoms with Crippen molar-refractivity contribution in [3.8, 4) is 5.88 Å². The number of fused-ring (bicyclic) bond motifs is 2. The third kappa shape index (κ3) is 2.58. The fraction of sp³-hybridized carbons (Fsp3) is 0.200. The molecule has 4 rings (SSSR count). The number of nitrogens with one attached hydrogen (secondary N) is 1. The third-order valence-corrected chi connectivity index (χ3v) is 4.60. The number of rotatable bonds is 3. The Morgan fingerprint density at radius 3 is 2.48 bits per heavy atom. The van der Waals surface area contributed by atoms with Gasteiger partial charge in [-0.25, -0.2) is 9.97 Å². The van der Waals surface area contributed by atoms with Crippen LogP contribution in [-0.4, -0.2) is 31.2 Å². The molecule has 1 atom stereocenters. The smallest absolute Gasteiger partial charge is 0.222 e. The number of aromatic nitrogens is 2. The van der Waals surface area contributed by atoms with E-state index in [0.717, 1.165) is 17.1 Å². The van der Waals surface area contributed by atoms with Gasteiger partial charge in [-0.1, -0.05) is 30.3 Å². The lowest BCUT2D eigenvalue weighted by molar-refractivity contribution is 0.391. The summed E-state index contributed by atoms with van der Waals surface area (Å²) < 4.78 is 5.54. The molecule has 5 heteroatoms. The summed E-state index contributed by atoms with van der Waals surface area (Å²) in [4.78, 5) is 10.9. The van der Waals surface area contributed by atoms with Crippen LogP contribution in [0, 0.1) is 0 Å². The lowest BCUT2D eigenvalue weighted by Crippen LogP contribution is -2.17. The maximum Gasteiger partial charge on any atom is 0.222 e. The van der Waals surface area contributed by atoms with Gasteiger partial charge < -0.3 is 15.0 Å². The van der Waals surface area contributed by atoms with Gasteiger partial charge in [0.2, 0.25) is 5.88 Å². The largest absolute Gasteiger partial charge is 0.481 e. The first-order valence-electron chi connectivity index (χ1n) is 8.21. The normalized spacial score (nSPS) is 14.9. The van der Waals surface area contributed by atoms with Gasteiger partial charge in [0.15, 0.2) is 0 Å². The number of anilines is 3. The molecular formula is C20H20N4O. The molecule has 126 valence electrons. The number of benzene rings is 2. The molecule has 2 heterocycles. The van der Waals surface area contributed by atoms with Crippen LogP contribution in [0.3, 0.4) is 0 Å². The zero-order valence-corrected chi connectivity index (χ0v) is 14.5. The molecule has 1 aliphatic heterocycles. The molecule has 25 heavy (non-hydrogen) atoms. The first-order valence-corrected chi connectivity index (χ1v) is 8.21. The molecule has 1 unspecified atom stereocenters. The predicted octanol–water partition coefficient (Wildman–Crippen LogP) is 3.79. The van der Waals surface area contributed by atoms with E-state index in [9.17, 15) is 0 Å². The van der Waals surface area contributed by atoms with Crippen LogP contribution in [0.4, 0.5) is 17.2 Å². The zero-order chi connectivity index (χ0) is 17.4. The minimum absolute atomic E-state index is 0.0276. The summed E-state index contributed by atoms with van der Waals surface area (Å²) in [7, 11) is 5.73. The van der Waals surface area contributed by atoms with Gasteiger partial charge in [-0.05, 0) is 29.3 Å². The minimum Gasteiger partial charge on any atom is -0.481 e. The molecule has 1 aliphatic rings. The summed E-state index contributed by atoms with van der Waals surface area (Å²) in [6.07, 6.45) is 1.53. The highest BCUT2D eigenvalue weighted by molar-refractivity contribution is 5.75. The predicted molar refractivity (Wildman–Crippen MR) is 100 cm³/mol. The standard InChI is InChI=1S/C20H20N4O/c1-24(2)14-10-8-13(9-11-14)17-15-6-4-5-7-16(15)23-19-18(17)20(25-3)22-12-21-19/h4-12,17H,1-3H3,(H,21,22,23). The Kier molecular flexibility index (Phi) is 3.76. The van der Waals surface area contributed by atoms with Crippen molar-refractivity contribution >= 4 is 17.2 Å². The molecule has 1 N–H and O–H groups in total. The summed E-state index contributed by atoms with van der Waals surface area (Å²) >= 11 is 0. The van der Waals surface area contributed by atoms with Gasteiger partial charge in [0.25, 0.3) is 0 Å². The quantitative estimate of drug-likeness (QED) is 0.618. The van der Waals surface area contributed by atoms with Gasteiger partial charge in [-0.15, -0.1) is 0 Å². The Bertz CT molecular complexity index is 906. The summed E-state index contributed by atoms with van der Waals surface area (Å²) in [5, 5.41) is 3.41. The molecule has 2 aromatic carbocycles. The van der Waals surface area contributed by atoms with E-state index in [0.29, 0.717) is 5.88 Å². The Hall–Kier alpha value is -3.08. The highest BCUT2D eigenvalue weighted by Gasteiger charge is 2.31. The fourth-order valence-corrected chi connectivity index (χ4v) is 3.36. The van der Waals surface area contributed by atoms with Crippen molar-refractivity contribution in [2.24, 2.45) is 0 Å². The molecule has 0 radical (unpaired) electrons.